The lowest BCUT2D eigenvalue weighted by molar-refractivity contribution is -0.116. The molecule has 0 bridgehead atoms. The zero-order valence-corrected chi connectivity index (χ0v) is 18.9. The first-order valence-corrected chi connectivity index (χ1v) is 11.7. The van der Waals surface area contributed by atoms with E-state index in [1.807, 2.05) is 26.0 Å². The number of carbonyl (C=O) groups excluding carboxylic acids is 1. The first-order valence-electron chi connectivity index (χ1n) is 10.2. The number of anilines is 2. The highest BCUT2D eigenvalue weighted by Crippen LogP contribution is 2.25. The molecule has 0 spiro atoms. The molecular weight excluding hydrogens is 422 g/mol. The van der Waals surface area contributed by atoms with Crippen LogP contribution in [0.3, 0.4) is 0 Å². The van der Waals surface area contributed by atoms with Crippen molar-refractivity contribution in [2.75, 3.05) is 16.2 Å². The van der Waals surface area contributed by atoms with Gasteiger partial charge in [0, 0.05) is 18.7 Å². The summed E-state index contributed by atoms with van der Waals surface area (Å²) in [6, 6.07) is 22.9. The first kappa shape index (κ1) is 23.0. The van der Waals surface area contributed by atoms with E-state index in [1.54, 1.807) is 60.7 Å². The maximum absolute atomic E-state index is 13.4. The molecule has 164 valence electrons. The Morgan fingerprint density at radius 1 is 0.906 bits per heavy atom. The Morgan fingerprint density at radius 3 is 2.03 bits per heavy atom. The molecule has 0 saturated heterocycles. The van der Waals surface area contributed by atoms with E-state index in [9.17, 15) is 13.2 Å². The Bertz CT molecular complexity index is 1210. The summed E-state index contributed by atoms with van der Waals surface area (Å²) >= 11 is 0. The fourth-order valence-electron chi connectivity index (χ4n) is 3.16. The molecule has 0 heterocycles. The highest BCUT2D eigenvalue weighted by atomic mass is 32.2. The van der Waals surface area contributed by atoms with Crippen LogP contribution in [0.15, 0.2) is 77.7 Å². The molecule has 0 aromatic heterocycles. The van der Waals surface area contributed by atoms with E-state index in [0.717, 1.165) is 16.7 Å². The van der Waals surface area contributed by atoms with Crippen LogP contribution in [0.5, 0.6) is 0 Å². The lowest BCUT2D eigenvalue weighted by Gasteiger charge is -2.24. The molecule has 0 radical (unpaired) electrons. The van der Waals surface area contributed by atoms with E-state index in [-0.39, 0.29) is 23.8 Å². The van der Waals surface area contributed by atoms with Crippen molar-refractivity contribution in [1.29, 1.82) is 5.26 Å². The van der Waals surface area contributed by atoms with Crippen molar-refractivity contribution in [3.63, 3.8) is 0 Å². The van der Waals surface area contributed by atoms with Crippen molar-refractivity contribution in [1.82, 2.24) is 0 Å². The number of nitrogens with one attached hydrogen (secondary N) is 1. The van der Waals surface area contributed by atoms with Crippen LogP contribution in [-0.4, -0.2) is 20.9 Å². The largest absolute Gasteiger partial charge is 0.326 e. The Morgan fingerprint density at radius 2 is 1.47 bits per heavy atom. The number of hydrogen-bond donors (Lipinski definition) is 1. The number of nitrogens with zero attached hydrogens (tertiary/aromatic N) is 2. The Kier molecular flexibility index (Phi) is 7.29. The summed E-state index contributed by atoms with van der Waals surface area (Å²) in [7, 11) is -3.84. The van der Waals surface area contributed by atoms with E-state index in [0.29, 0.717) is 17.8 Å². The average molecular weight is 448 g/mol. The average Bonchev–Trinajstić information content (AvgIpc) is 2.77. The second-order valence-electron chi connectivity index (χ2n) is 7.56. The minimum absolute atomic E-state index is 0.00236. The number of hydrogen-bond acceptors (Lipinski definition) is 4. The van der Waals surface area contributed by atoms with Gasteiger partial charge in [-0.15, -0.1) is 0 Å². The summed E-state index contributed by atoms with van der Waals surface area (Å²) in [4.78, 5) is 12.7. The molecule has 3 aromatic carbocycles. The Labute approximate surface area is 189 Å². The lowest BCUT2D eigenvalue weighted by Crippen LogP contribution is -2.34. The molecule has 6 nitrogen and oxygen atoms in total. The SMILES string of the molecule is Cc1ccc(N(CCC(=O)Nc2ccc(CC#N)cc2)S(=O)(=O)c2ccc(C)cc2)cc1. The maximum Gasteiger partial charge on any atom is 0.264 e. The van der Waals surface area contributed by atoms with Crippen molar-refractivity contribution < 1.29 is 13.2 Å². The van der Waals surface area contributed by atoms with Crippen LogP contribution in [0.1, 0.15) is 23.1 Å². The minimum Gasteiger partial charge on any atom is -0.326 e. The smallest absolute Gasteiger partial charge is 0.264 e. The molecule has 0 aliphatic rings. The fraction of sp³-hybridized carbons (Fsp3) is 0.200. The van der Waals surface area contributed by atoms with Crippen LogP contribution in [0.4, 0.5) is 11.4 Å². The third-order valence-electron chi connectivity index (χ3n) is 4.99. The third kappa shape index (κ3) is 5.74. The van der Waals surface area contributed by atoms with E-state index >= 15 is 0 Å². The van der Waals surface area contributed by atoms with Gasteiger partial charge in [0.15, 0.2) is 0 Å². The lowest BCUT2D eigenvalue weighted by atomic mass is 10.1. The van der Waals surface area contributed by atoms with Crippen LogP contribution < -0.4 is 9.62 Å². The van der Waals surface area contributed by atoms with Crippen molar-refractivity contribution in [2.24, 2.45) is 0 Å². The topological polar surface area (TPSA) is 90.3 Å². The zero-order chi connectivity index (χ0) is 23.1. The van der Waals surface area contributed by atoms with Gasteiger partial charge in [-0.05, 0) is 55.8 Å². The van der Waals surface area contributed by atoms with Gasteiger partial charge in [0.1, 0.15) is 0 Å². The number of benzene rings is 3. The maximum atomic E-state index is 13.4. The van der Waals surface area contributed by atoms with Gasteiger partial charge in [-0.1, -0.05) is 47.5 Å². The molecule has 1 N–H and O–H groups in total. The highest BCUT2D eigenvalue weighted by Gasteiger charge is 2.25. The minimum atomic E-state index is -3.84. The zero-order valence-electron chi connectivity index (χ0n) is 18.1. The van der Waals surface area contributed by atoms with Crippen molar-refractivity contribution >= 4 is 27.3 Å². The highest BCUT2D eigenvalue weighted by molar-refractivity contribution is 7.92. The van der Waals surface area contributed by atoms with Crippen molar-refractivity contribution in [2.45, 2.75) is 31.6 Å². The number of aryl methyl sites for hydroxylation is 2. The number of sulfonamides is 1. The van der Waals surface area contributed by atoms with Gasteiger partial charge in [0.05, 0.1) is 23.1 Å². The van der Waals surface area contributed by atoms with Gasteiger partial charge in [0.25, 0.3) is 10.0 Å². The van der Waals surface area contributed by atoms with E-state index in [2.05, 4.69) is 11.4 Å². The number of amides is 1. The molecule has 1 amide bonds. The summed E-state index contributed by atoms with van der Waals surface area (Å²) in [5.74, 6) is -0.297. The molecule has 0 saturated carbocycles. The predicted molar refractivity (Wildman–Crippen MR) is 126 cm³/mol. The van der Waals surface area contributed by atoms with Gasteiger partial charge in [-0.25, -0.2) is 8.42 Å². The van der Waals surface area contributed by atoms with Crippen LogP contribution in [0, 0.1) is 25.2 Å². The fourth-order valence-corrected chi connectivity index (χ4v) is 4.63. The molecule has 32 heavy (non-hydrogen) atoms. The number of rotatable bonds is 8. The molecule has 0 aliphatic carbocycles. The summed E-state index contributed by atoms with van der Waals surface area (Å²) in [6.45, 7) is 3.82. The quantitative estimate of drug-likeness (QED) is 0.547. The van der Waals surface area contributed by atoms with E-state index < -0.39 is 10.0 Å². The molecule has 7 heteroatoms. The second kappa shape index (κ2) is 10.1. The molecule has 0 unspecified atom stereocenters. The predicted octanol–water partition coefficient (Wildman–Crippen LogP) is 4.59. The van der Waals surface area contributed by atoms with Gasteiger partial charge >= 0.3 is 0 Å². The third-order valence-corrected chi connectivity index (χ3v) is 6.84. The monoisotopic (exact) mass is 447 g/mol. The van der Waals surface area contributed by atoms with Crippen molar-refractivity contribution in [3.05, 3.63) is 89.5 Å². The van der Waals surface area contributed by atoms with Gasteiger partial charge in [-0.3, -0.25) is 9.10 Å². The van der Waals surface area contributed by atoms with Crippen LogP contribution >= 0.6 is 0 Å². The summed E-state index contributed by atoms with van der Waals surface area (Å²) in [5.41, 5.74) is 3.94. The summed E-state index contributed by atoms with van der Waals surface area (Å²) in [6.07, 6.45) is 0.287. The van der Waals surface area contributed by atoms with Crippen LogP contribution in [0.2, 0.25) is 0 Å². The first-order chi connectivity index (χ1) is 15.3. The number of carbonyl (C=O) groups is 1. The molecular formula is C25H25N3O3S. The molecule has 3 aromatic rings. The molecule has 0 fully saturated rings. The Balaban J connectivity index is 1.78. The molecule has 3 rings (SSSR count). The number of nitriles is 1. The van der Waals surface area contributed by atoms with E-state index in [1.165, 1.54) is 4.31 Å². The van der Waals surface area contributed by atoms with Gasteiger partial charge < -0.3 is 5.32 Å². The summed E-state index contributed by atoms with van der Waals surface area (Å²) in [5, 5.41) is 11.5. The Hall–Kier alpha value is -3.63. The van der Waals surface area contributed by atoms with Gasteiger partial charge in [-0.2, -0.15) is 5.26 Å². The van der Waals surface area contributed by atoms with Crippen molar-refractivity contribution in [3.8, 4) is 6.07 Å². The normalized spacial score (nSPS) is 10.9. The van der Waals surface area contributed by atoms with E-state index in [4.69, 9.17) is 5.26 Å². The molecule has 0 atom stereocenters. The van der Waals surface area contributed by atoms with Crippen LogP contribution in [-0.2, 0) is 21.2 Å². The molecule has 0 aliphatic heterocycles. The second-order valence-corrected chi connectivity index (χ2v) is 9.42. The standard InChI is InChI=1S/C25H25N3O3S/c1-19-3-11-23(12-4-19)28(32(30,31)24-13-5-20(2)6-14-24)18-16-25(29)27-22-9-7-21(8-10-22)15-17-26/h3-14H,15-16,18H2,1-2H3,(H,27,29). The summed E-state index contributed by atoms with van der Waals surface area (Å²) < 4.78 is 28.0. The van der Waals surface area contributed by atoms with Gasteiger partial charge in [0.2, 0.25) is 5.91 Å². The van der Waals surface area contributed by atoms with Crippen LogP contribution in [0.25, 0.3) is 0 Å².